The van der Waals surface area contributed by atoms with Crippen molar-refractivity contribution in [2.45, 2.75) is 13.0 Å². The zero-order valence-electron chi connectivity index (χ0n) is 19.2. The molecule has 36 heavy (non-hydrogen) atoms. The first-order valence-corrected chi connectivity index (χ1v) is 12.0. The first kappa shape index (κ1) is 23.8. The van der Waals surface area contributed by atoms with Gasteiger partial charge in [0.05, 0.1) is 19.3 Å². The molecule has 1 atom stereocenters. The van der Waals surface area contributed by atoms with Crippen LogP contribution in [0.3, 0.4) is 0 Å². The fourth-order valence-electron chi connectivity index (χ4n) is 4.08. The van der Waals surface area contributed by atoms with Crippen LogP contribution >= 0.6 is 15.9 Å². The fraction of sp³-hybridized carbons (Fsp3) is 0.154. The van der Waals surface area contributed by atoms with Crippen molar-refractivity contribution in [2.24, 2.45) is 0 Å². The topological polar surface area (TPSA) is 106 Å². The summed E-state index contributed by atoms with van der Waals surface area (Å²) in [6.45, 7) is 2.06. The van der Waals surface area contributed by atoms with Gasteiger partial charge in [-0.25, -0.2) is 14.4 Å². The van der Waals surface area contributed by atoms with E-state index in [9.17, 15) is 14.3 Å². The minimum atomic E-state index is -0.730. The van der Waals surface area contributed by atoms with Crippen molar-refractivity contribution in [1.29, 1.82) is 0 Å². The number of H-pyrrole nitrogens is 1. The quantitative estimate of drug-likeness (QED) is 0.304. The minimum absolute atomic E-state index is 0.338. The molecule has 5 rings (SSSR count). The molecule has 4 aromatic heterocycles. The lowest BCUT2D eigenvalue weighted by Crippen LogP contribution is -2.27. The van der Waals surface area contributed by atoms with E-state index in [2.05, 4.69) is 36.1 Å². The molecule has 0 aliphatic rings. The first-order valence-electron chi connectivity index (χ1n) is 11.2. The largest absolute Gasteiger partial charge is 0.478 e. The Labute approximate surface area is 213 Å². The number of pyridine rings is 3. The van der Waals surface area contributed by atoms with Crippen LogP contribution < -0.4 is 10.3 Å². The maximum absolute atomic E-state index is 13.9. The Bertz CT molecular complexity index is 1580. The molecular weight excluding hydrogens is 529 g/mol. The van der Waals surface area contributed by atoms with E-state index >= 15 is 0 Å². The van der Waals surface area contributed by atoms with Crippen molar-refractivity contribution in [1.82, 2.24) is 24.7 Å². The number of nitrogens with one attached hydrogen (secondary N) is 1. The summed E-state index contributed by atoms with van der Waals surface area (Å²) in [6.07, 6.45) is 4.94. The van der Waals surface area contributed by atoms with E-state index in [0.717, 1.165) is 16.5 Å². The van der Waals surface area contributed by atoms with Crippen LogP contribution in [0.25, 0.3) is 33.4 Å². The summed E-state index contributed by atoms with van der Waals surface area (Å²) >= 11 is 3.26. The predicted octanol–water partition coefficient (Wildman–Crippen LogP) is 4.73. The lowest BCUT2D eigenvalue weighted by atomic mass is 10.0. The molecule has 0 saturated carbocycles. The Morgan fingerprint density at radius 1 is 1.08 bits per heavy atom. The molecule has 0 aliphatic carbocycles. The molecule has 0 saturated heterocycles. The van der Waals surface area contributed by atoms with E-state index < -0.39 is 11.9 Å². The number of ether oxygens (including phenoxy) is 1. The van der Waals surface area contributed by atoms with E-state index in [1.807, 2.05) is 19.1 Å². The highest BCUT2D eigenvalue weighted by Crippen LogP contribution is 2.29. The number of aliphatic hydroxyl groups excluding tert-OH is 1. The monoisotopic (exact) mass is 549 g/mol. The minimum Gasteiger partial charge on any atom is -0.478 e. The van der Waals surface area contributed by atoms with Gasteiger partial charge in [-0.3, -0.25) is 9.89 Å². The molecule has 8 nitrogen and oxygen atoms in total. The van der Waals surface area contributed by atoms with Gasteiger partial charge in [-0.05, 0) is 54.4 Å². The maximum Gasteiger partial charge on any atom is 0.251 e. The Morgan fingerprint density at radius 3 is 2.61 bits per heavy atom. The highest BCUT2D eigenvalue weighted by atomic mass is 79.9. The van der Waals surface area contributed by atoms with Gasteiger partial charge in [0.1, 0.15) is 11.5 Å². The SMILES string of the molecule is CCOc1ccc(-c2n[nH]c3ncc(-c4ccn([C@H](CO)c5cc(F)cc(Br)c5)c(=O)c4)cc23)cn1. The van der Waals surface area contributed by atoms with Crippen molar-refractivity contribution in [3.63, 3.8) is 0 Å². The van der Waals surface area contributed by atoms with Crippen molar-refractivity contribution in [2.75, 3.05) is 13.2 Å². The van der Waals surface area contributed by atoms with Crippen molar-refractivity contribution in [3.05, 3.63) is 93.3 Å². The standard InChI is InChI=1S/C26H21BrFN5O3/c1-2-36-23-4-3-16(12-29-23)25-21-9-18(13-30-26(21)32-31-25)15-5-6-33(24(35)10-15)22(14-34)17-7-19(27)11-20(28)8-17/h3-13,22,34H,2,14H2,1H3,(H,30,31,32)/t22-/m1/s1. The zero-order valence-corrected chi connectivity index (χ0v) is 20.7. The first-order chi connectivity index (χ1) is 17.5. The number of fused-ring (bicyclic) bond motifs is 1. The summed E-state index contributed by atoms with van der Waals surface area (Å²) in [6, 6.07) is 12.4. The van der Waals surface area contributed by atoms with E-state index in [0.29, 0.717) is 39.4 Å². The van der Waals surface area contributed by atoms with Gasteiger partial charge in [-0.2, -0.15) is 5.10 Å². The second-order valence-corrected chi connectivity index (χ2v) is 8.99. The summed E-state index contributed by atoms with van der Waals surface area (Å²) in [5, 5.41) is 18.1. The smallest absolute Gasteiger partial charge is 0.251 e. The van der Waals surface area contributed by atoms with Crippen LogP contribution in [0.15, 0.2) is 76.4 Å². The number of hydrogen-bond acceptors (Lipinski definition) is 6. The normalized spacial score (nSPS) is 12.1. The van der Waals surface area contributed by atoms with Gasteiger partial charge in [0.25, 0.3) is 5.56 Å². The van der Waals surface area contributed by atoms with Gasteiger partial charge in [0.15, 0.2) is 5.65 Å². The van der Waals surface area contributed by atoms with E-state index in [-0.39, 0.29) is 12.2 Å². The fourth-order valence-corrected chi connectivity index (χ4v) is 4.57. The lowest BCUT2D eigenvalue weighted by Gasteiger charge is -2.19. The number of aromatic amines is 1. The van der Waals surface area contributed by atoms with Gasteiger partial charge in [0, 0.05) is 51.7 Å². The summed E-state index contributed by atoms with van der Waals surface area (Å²) in [4.78, 5) is 21.8. The van der Waals surface area contributed by atoms with Crippen LogP contribution in [0.5, 0.6) is 5.88 Å². The predicted molar refractivity (Wildman–Crippen MR) is 137 cm³/mol. The summed E-state index contributed by atoms with van der Waals surface area (Å²) in [5.41, 5.74) is 3.60. The van der Waals surface area contributed by atoms with Crippen LogP contribution in [0, 0.1) is 5.82 Å². The Balaban J connectivity index is 1.50. The van der Waals surface area contributed by atoms with Gasteiger partial charge in [-0.1, -0.05) is 15.9 Å². The molecule has 5 aromatic rings. The molecule has 0 aliphatic heterocycles. The second kappa shape index (κ2) is 10.00. The Morgan fingerprint density at radius 2 is 1.92 bits per heavy atom. The molecule has 182 valence electrons. The molecule has 0 radical (unpaired) electrons. The van der Waals surface area contributed by atoms with Crippen molar-refractivity contribution < 1.29 is 14.2 Å². The van der Waals surface area contributed by atoms with Gasteiger partial charge in [-0.15, -0.1) is 0 Å². The van der Waals surface area contributed by atoms with Crippen molar-refractivity contribution >= 4 is 27.0 Å². The molecule has 0 fully saturated rings. The van der Waals surface area contributed by atoms with Crippen LogP contribution in [0.1, 0.15) is 18.5 Å². The van der Waals surface area contributed by atoms with Gasteiger partial charge >= 0.3 is 0 Å². The average molecular weight is 550 g/mol. The lowest BCUT2D eigenvalue weighted by molar-refractivity contribution is 0.246. The number of hydrogen-bond donors (Lipinski definition) is 2. The third-order valence-electron chi connectivity index (χ3n) is 5.78. The third kappa shape index (κ3) is 4.65. The van der Waals surface area contributed by atoms with E-state index in [1.165, 1.54) is 22.8 Å². The van der Waals surface area contributed by atoms with Crippen LogP contribution in [-0.4, -0.2) is 43.1 Å². The molecule has 0 bridgehead atoms. The molecular formula is C26H21BrFN5O3. The molecule has 2 N–H and O–H groups in total. The molecule has 0 spiro atoms. The second-order valence-electron chi connectivity index (χ2n) is 8.07. The Hall–Kier alpha value is -3.89. The van der Waals surface area contributed by atoms with E-state index in [1.54, 1.807) is 36.8 Å². The highest BCUT2D eigenvalue weighted by molar-refractivity contribution is 9.10. The zero-order chi connectivity index (χ0) is 25.2. The number of rotatable bonds is 7. The maximum atomic E-state index is 13.9. The van der Waals surface area contributed by atoms with Gasteiger partial charge in [0.2, 0.25) is 5.88 Å². The van der Waals surface area contributed by atoms with Crippen LogP contribution in [-0.2, 0) is 0 Å². The molecule has 1 aromatic carbocycles. The summed E-state index contributed by atoms with van der Waals surface area (Å²) in [7, 11) is 0. The average Bonchev–Trinajstić information content (AvgIpc) is 3.29. The van der Waals surface area contributed by atoms with Crippen LogP contribution in [0.4, 0.5) is 4.39 Å². The van der Waals surface area contributed by atoms with Gasteiger partial charge < -0.3 is 14.4 Å². The number of halogens is 2. The summed E-state index contributed by atoms with van der Waals surface area (Å²) in [5.74, 6) is 0.0766. The third-order valence-corrected chi connectivity index (χ3v) is 6.24. The molecule has 10 heteroatoms. The molecule has 0 amide bonds. The highest BCUT2D eigenvalue weighted by Gasteiger charge is 2.17. The molecule has 4 heterocycles. The van der Waals surface area contributed by atoms with E-state index in [4.69, 9.17) is 4.74 Å². The number of nitrogens with zero attached hydrogens (tertiary/aromatic N) is 4. The number of aliphatic hydroxyl groups is 1. The van der Waals surface area contributed by atoms with Crippen molar-refractivity contribution in [3.8, 4) is 28.3 Å². The van der Waals surface area contributed by atoms with Crippen LogP contribution in [0.2, 0.25) is 0 Å². The number of benzene rings is 1. The molecule has 0 unspecified atom stereocenters. The Kier molecular flexibility index (Phi) is 6.62. The number of aromatic nitrogens is 5. The summed E-state index contributed by atoms with van der Waals surface area (Å²) < 4.78 is 21.2.